The number of pyridine rings is 1. The number of phenols is 1. The maximum absolute atomic E-state index is 12.1. The van der Waals surface area contributed by atoms with Crippen molar-refractivity contribution in [1.82, 2.24) is 15.2 Å². The molecule has 3 aromatic rings. The minimum absolute atomic E-state index is 0.0822. The van der Waals surface area contributed by atoms with Gasteiger partial charge >= 0.3 is 0 Å². The second-order valence-electron chi connectivity index (χ2n) is 6.17. The molecule has 0 amide bonds. The van der Waals surface area contributed by atoms with Crippen molar-refractivity contribution in [3.63, 3.8) is 0 Å². The standard InChI is InChI=1S/C20H25N3O2S/c1-3-23(4-2)12-11-21-10-5-6-14-17(24)8-7-16-18(14)15-9-13-26-19(15)20(25)22-16/h5-9,13,21,24H,3-4,10-12H2,1-2H3,(H,22,25). The molecule has 0 spiro atoms. The average molecular weight is 372 g/mol. The van der Waals surface area contributed by atoms with Gasteiger partial charge in [0.05, 0.1) is 0 Å². The van der Waals surface area contributed by atoms with Gasteiger partial charge in [-0.05, 0) is 36.7 Å². The molecule has 0 radical (unpaired) electrons. The monoisotopic (exact) mass is 371 g/mol. The summed E-state index contributed by atoms with van der Waals surface area (Å²) < 4.78 is 0.690. The van der Waals surface area contributed by atoms with Gasteiger partial charge in [0.15, 0.2) is 0 Å². The van der Waals surface area contributed by atoms with Crippen molar-refractivity contribution >= 4 is 38.4 Å². The zero-order chi connectivity index (χ0) is 18.5. The van der Waals surface area contributed by atoms with Gasteiger partial charge in [0.25, 0.3) is 5.56 Å². The Kier molecular flexibility index (Phi) is 6.08. The first-order chi connectivity index (χ1) is 12.7. The molecule has 3 N–H and O–H groups in total. The molecule has 5 nitrogen and oxygen atoms in total. The average Bonchev–Trinajstić information content (AvgIpc) is 3.13. The Balaban J connectivity index is 1.80. The van der Waals surface area contributed by atoms with Crippen LogP contribution in [0.1, 0.15) is 19.4 Å². The number of nitrogens with zero attached hydrogens (tertiary/aromatic N) is 1. The number of H-pyrrole nitrogens is 1. The topological polar surface area (TPSA) is 68.4 Å². The molecule has 6 heteroatoms. The van der Waals surface area contributed by atoms with Crippen LogP contribution in [0.2, 0.25) is 0 Å². The molecular formula is C20H25N3O2S. The highest BCUT2D eigenvalue weighted by atomic mass is 32.1. The third kappa shape index (κ3) is 3.82. The summed E-state index contributed by atoms with van der Waals surface area (Å²) in [6.45, 7) is 9.14. The van der Waals surface area contributed by atoms with E-state index in [2.05, 4.69) is 29.0 Å². The van der Waals surface area contributed by atoms with Crippen LogP contribution in [-0.4, -0.2) is 47.7 Å². The van der Waals surface area contributed by atoms with Crippen molar-refractivity contribution in [2.75, 3.05) is 32.7 Å². The third-order valence-corrected chi connectivity index (χ3v) is 5.57. The predicted octanol–water partition coefficient (Wildman–Crippen LogP) is 3.39. The van der Waals surface area contributed by atoms with E-state index in [0.29, 0.717) is 4.70 Å². The Hall–Kier alpha value is -2.15. The molecule has 2 heterocycles. The van der Waals surface area contributed by atoms with Crippen LogP contribution in [0.5, 0.6) is 5.75 Å². The molecule has 0 aliphatic rings. The molecule has 0 aliphatic carbocycles. The first-order valence-electron chi connectivity index (χ1n) is 9.00. The molecule has 0 aliphatic heterocycles. The van der Waals surface area contributed by atoms with Crippen LogP contribution in [0.3, 0.4) is 0 Å². The van der Waals surface area contributed by atoms with Crippen molar-refractivity contribution in [3.8, 4) is 5.75 Å². The number of rotatable bonds is 8. The summed E-state index contributed by atoms with van der Waals surface area (Å²) in [5.74, 6) is 0.219. The maximum atomic E-state index is 12.1. The van der Waals surface area contributed by atoms with Crippen molar-refractivity contribution in [1.29, 1.82) is 0 Å². The Labute approximate surface area is 157 Å². The van der Waals surface area contributed by atoms with Gasteiger partial charge in [0.1, 0.15) is 10.4 Å². The molecule has 0 saturated carbocycles. The largest absolute Gasteiger partial charge is 0.507 e. The number of likely N-dealkylation sites (N-methyl/N-ethyl adjacent to an activating group) is 1. The number of nitrogens with one attached hydrogen (secondary N) is 2. The van der Waals surface area contributed by atoms with Crippen LogP contribution in [-0.2, 0) is 0 Å². The second kappa shape index (κ2) is 8.49. The number of phenolic OH excluding ortho intramolecular Hbond substituents is 1. The molecule has 0 saturated heterocycles. The van der Waals surface area contributed by atoms with E-state index in [9.17, 15) is 9.90 Å². The summed E-state index contributed by atoms with van der Waals surface area (Å²) in [5.41, 5.74) is 1.40. The fourth-order valence-corrected chi connectivity index (χ4v) is 3.97. The van der Waals surface area contributed by atoms with Gasteiger partial charge in [-0.1, -0.05) is 26.0 Å². The molecule has 2 aromatic heterocycles. The van der Waals surface area contributed by atoms with Gasteiger partial charge in [-0.2, -0.15) is 0 Å². The fraction of sp³-hybridized carbons (Fsp3) is 0.350. The Bertz CT molecular complexity index is 970. The smallest absolute Gasteiger partial charge is 0.266 e. The number of fused-ring (bicyclic) bond motifs is 3. The summed E-state index contributed by atoms with van der Waals surface area (Å²) in [5, 5.41) is 17.4. The fourth-order valence-electron chi connectivity index (χ4n) is 3.17. The van der Waals surface area contributed by atoms with Gasteiger partial charge < -0.3 is 20.3 Å². The second-order valence-corrected chi connectivity index (χ2v) is 7.09. The number of benzene rings is 1. The van der Waals surface area contributed by atoms with Gasteiger partial charge in [-0.15, -0.1) is 11.3 Å². The number of aromatic nitrogens is 1. The van der Waals surface area contributed by atoms with Crippen LogP contribution in [0.4, 0.5) is 0 Å². The van der Waals surface area contributed by atoms with E-state index in [1.54, 1.807) is 12.1 Å². The maximum Gasteiger partial charge on any atom is 0.266 e. The van der Waals surface area contributed by atoms with Crippen molar-refractivity contribution < 1.29 is 5.11 Å². The zero-order valence-corrected chi connectivity index (χ0v) is 16.0. The molecule has 0 bridgehead atoms. The van der Waals surface area contributed by atoms with E-state index >= 15 is 0 Å². The van der Waals surface area contributed by atoms with E-state index in [1.165, 1.54) is 11.3 Å². The minimum Gasteiger partial charge on any atom is -0.507 e. The van der Waals surface area contributed by atoms with Gasteiger partial charge in [-0.25, -0.2) is 0 Å². The van der Waals surface area contributed by atoms with E-state index < -0.39 is 0 Å². The van der Waals surface area contributed by atoms with Crippen LogP contribution in [0.25, 0.3) is 27.1 Å². The summed E-state index contributed by atoms with van der Waals surface area (Å²) in [7, 11) is 0. The highest BCUT2D eigenvalue weighted by Gasteiger charge is 2.11. The van der Waals surface area contributed by atoms with E-state index in [0.717, 1.165) is 54.6 Å². The molecule has 26 heavy (non-hydrogen) atoms. The van der Waals surface area contributed by atoms with Gasteiger partial charge in [-0.3, -0.25) is 4.79 Å². The van der Waals surface area contributed by atoms with E-state index in [4.69, 9.17) is 0 Å². The highest BCUT2D eigenvalue weighted by molar-refractivity contribution is 7.17. The lowest BCUT2D eigenvalue weighted by molar-refractivity contribution is 0.304. The van der Waals surface area contributed by atoms with E-state index in [1.807, 2.05) is 23.6 Å². The van der Waals surface area contributed by atoms with Crippen LogP contribution in [0.15, 0.2) is 34.4 Å². The Morgan fingerprint density at radius 3 is 2.85 bits per heavy atom. The lowest BCUT2D eigenvalue weighted by atomic mass is 10.0. The molecule has 1 aromatic carbocycles. The summed E-state index contributed by atoms with van der Waals surface area (Å²) in [4.78, 5) is 17.4. The molecule has 3 rings (SSSR count). The van der Waals surface area contributed by atoms with Crippen LogP contribution in [0, 0.1) is 0 Å². The normalized spacial score (nSPS) is 12.1. The zero-order valence-electron chi connectivity index (χ0n) is 15.2. The van der Waals surface area contributed by atoms with Crippen LogP contribution >= 0.6 is 11.3 Å². The predicted molar refractivity (Wildman–Crippen MR) is 111 cm³/mol. The van der Waals surface area contributed by atoms with Gasteiger partial charge in [0.2, 0.25) is 0 Å². The molecule has 0 fully saturated rings. The minimum atomic E-state index is -0.0822. The number of aromatic amines is 1. The highest BCUT2D eigenvalue weighted by Crippen LogP contribution is 2.33. The first kappa shape index (κ1) is 18.6. The SMILES string of the molecule is CCN(CC)CCNCC=Cc1c(O)ccc2[nH]c(=O)c3sccc3c12. The third-order valence-electron chi connectivity index (χ3n) is 4.66. The molecule has 0 unspecified atom stereocenters. The number of thiophene rings is 1. The number of aromatic hydroxyl groups is 1. The first-order valence-corrected chi connectivity index (χ1v) is 9.88. The van der Waals surface area contributed by atoms with Gasteiger partial charge in [0, 0.05) is 41.5 Å². The van der Waals surface area contributed by atoms with Crippen molar-refractivity contribution in [2.24, 2.45) is 0 Å². The van der Waals surface area contributed by atoms with Crippen molar-refractivity contribution in [2.45, 2.75) is 13.8 Å². The number of hydrogen-bond donors (Lipinski definition) is 3. The molecule has 0 atom stereocenters. The number of hydrogen-bond acceptors (Lipinski definition) is 5. The Morgan fingerprint density at radius 1 is 1.27 bits per heavy atom. The lowest BCUT2D eigenvalue weighted by Crippen LogP contribution is -2.31. The quantitative estimate of drug-likeness (QED) is 0.531. The van der Waals surface area contributed by atoms with Crippen LogP contribution < -0.4 is 10.9 Å². The summed E-state index contributed by atoms with van der Waals surface area (Å²) >= 11 is 1.42. The summed E-state index contributed by atoms with van der Waals surface area (Å²) in [6.07, 6.45) is 3.94. The van der Waals surface area contributed by atoms with E-state index in [-0.39, 0.29) is 11.3 Å². The molecular weight excluding hydrogens is 346 g/mol. The lowest BCUT2D eigenvalue weighted by Gasteiger charge is -2.17. The Morgan fingerprint density at radius 2 is 2.08 bits per heavy atom. The van der Waals surface area contributed by atoms with Crippen molar-refractivity contribution in [3.05, 3.63) is 45.6 Å². The molecule has 138 valence electrons. The summed E-state index contributed by atoms with van der Waals surface area (Å²) in [6, 6.07) is 5.32.